The van der Waals surface area contributed by atoms with E-state index < -0.39 is 0 Å². The normalized spacial score (nSPS) is 23.6. The van der Waals surface area contributed by atoms with Crippen LogP contribution in [0.5, 0.6) is 0 Å². The molecule has 0 bridgehead atoms. The molecule has 6 nitrogen and oxygen atoms in total. The van der Waals surface area contributed by atoms with Gasteiger partial charge in [-0.15, -0.1) is 0 Å². The van der Waals surface area contributed by atoms with Gasteiger partial charge in [-0.25, -0.2) is 0 Å². The second kappa shape index (κ2) is 11.7. The Hall–Kier alpha value is -2.12. The van der Waals surface area contributed by atoms with Crippen molar-refractivity contribution < 1.29 is 0 Å². The van der Waals surface area contributed by atoms with E-state index in [2.05, 4.69) is 58.5 Å². The van der Waals surface area contributed by atoms with Crippen molar-refractivity contribution in [1.82, 2.24) is 15.3 Å². The SMILES string of the molecule is C[C@@H]1C[C@H](C)CN(c2cc(N3CCCC3)nc(NC(=S)NCC3(c4cccc(Cl)c4)CCCCC3)n2)C1. The van der Waals surface area contributed by atoms with Crippen LogP contribution < -0.4 is 20.4 Å². The highest BCUT2D eigenvalue weighted by Crippen LogP contribution is 2.40. The van der Waals surface area contributed by atoms with E-state index in [0.29, 0.717) is 22.9 Å². The third-order valence-corrected chi connectivity index (χ3v) is 8.86. The Balaban J connectivity index is 1.33. The van der Waals surface area contributed by atoms with E-state index in [1.807, 2.05) is 6.07 Å². The molecule has 3 heterocycles. The van der Waals surface area contributed by atoms with E-state index in [1.54, 1.807) is 0 Å². The summed E-state index contributed by atoms with van der Waals surface area (Å²) in [7, 11) is 0. The lowest BCUT2D eigenvalue weighted by Gasteiger charge is -2.38. The maximum absolute atomic E-state index is 6.38. The van der Waals surface area contributed by atoms with Crippen molar-refractivity contribution in [2.45, 2.75) is 70.6 Å². The average Bonchev–Trinajstić information content (AvgIpc) is 3.43. The quantitative estimate of drug-likeness (QED) is 0.411. The summed E-state index contributed by atoms with van der Waals surface area (Å²) in [6.07, 6.45) is 9.72. The minimum atomic E-state index is 0.0401. The summed E-state index contributed by atoms with van der Waals surface area (Å²) in [5, 5.41) is 8.25. The molecule has 5 rings (SSSR count). The van der Waals surface area contributed by atoms with Crippen LogP contribution in [0.15, 0.2) is 30.3 Å². The van der Waals surface area contributed by atoms with Crippen LogP contribution in [0.25, 0.3) is 0 Å². The Bertz CT molecular complexity index is 1070. The second-order valence-corrected chi connectivity index (χ2v) is 12.5. The van der Waals surface area contributed by atoms with Crippen LogP contribution in [0, 0.1) is 11.8 Å². The summed E-state index contributed by atoms with van der Waals surface area (Å²) in [4.78, 5) is 14.7. The van der Waals surface area contributed by atoms with Crippen molar-refractivity contribution in [1.29, 1.82) is 0 Å². The van der Waals surface area contributed by atoms with Gasteiger partial charge >= 0.3 is 0 Å². The monoisotopic (exact) mass is 540 g/mol. The fraction of sp³-hybridized carbons (Fsp3) is 0.621. The number of benzene rings is 1. The van der Waals surface area contributed by atoms with Crippen molar-refractivity contribution in [3.05, 3.63) is 40.9 Å². The zero-order valence-electron chi connectivity index (χ0n) is 22.3. The highest BCUT2D eigenvalue weighted by Gasteiger charge is 2.34. The average molecular weight is 541 g/mol. The molecular weight excluding hydrogens is 500 g/mol. The number of rotatable bonds is 6. The van der Waals surface area contributed by atoms with E-state index in [0.717, 1.165) is 62.2 Å². The number of aromatic nitrogens is 2. The van der Waals surface area contributed by atoms with E-state index >= 15 is 0 Å². The number of nitrogens with one attached hydrogen (secondary N) is 2. The lowest BCUT2D eigenvalue weighted by Crippen LogP contribution is -2.44. The molecule has 200 valence electrons. The van der Waals surface area contributed by atoms with Crippen LogP contribution in [0.3, 0.4) is 0 Å². The van der Waals surface area contributed by atoms with Gasteiger partial charge in [-0.1, -0.05) is 56.8 Å². The Kier molecular flexibility index (Phi) is 8.40. The van der Waals surface area contributed by atoms with Gasteiger partial charge in [0.1, 0.15) is 11.6 Å². The zero-order valence-corrected chi connectivity index (χ0v) is 23.9. The summed E-state index contributed by atoms with van der Waals surface area (Å²) in [6, 6.07) is 10.5. The number of hydrogen-bond acceptors (Lipinski definition) is 5. The van der Waals surface area contributed by atoms with Crippen LogP contribution in [-0.2, 0) is 5.41 Å². The van der Waals surface area contributed by atoms with Gasteiger partial charge in [-0.3, -0.25) is 0 Å². The smallest absolute Gasteiger partial charge is 0.232 e. The molecular formula is C29H41ClN6S. The van der Waals surface area contributed by atoms with Gasteiger partial charge in [0.05, 0.1) is 0 Å². The van der Waals surface area contributed by atoms with Crippen LogP contribution in [0.4, 0.5) is 17.6 Å². The van der Waals surface area contributed by atoms with Gasteiger partial charge in [0.25, 0.3) is 0 Å². The van der Waals surface area contributed by atoms with Gasteiger partial charge in [-0.2, -0.15) is 9.97 Å². The molecule has 0 unspecified atom stereocenters. The molecule has 1 aliphatic carbocycles. The highest BCUT2D eigenvalue weighted by atomic mass is 35.5. The number of thiocarbonyl (C=S) groups is 1. The standard InChI is InChI=1S/C29H41ClN6S/c1-21-15-22(2)19-36(18-21)26-17-25(35-13-6-7-14-35)32-27(33-26)34-28(37)31-20-29(11-4-3-5-12-29)23-9-8-10-24(30)16-23/h8-10,16-17,21-22H,3-7,11-15,18-20H2,1-2H3,(H2,31,32,33,34,37)/t21-,22+. The van der Waals surface area contributed by atoms with Crippen molar-refractivity contribution >= 4 is 46.5 Å². The number of halogens is 1. The third-order valence-electron chi connectivity index (χ3n) is 8.38. The van der Waals surface area contributed by atoms with E-state index in [4.69, 9.17) is 33.8 Å². The number of nitrogens with zero attached hydrogens (tertiary/aromatic N) is 4. The third kappa shape index (κ3) is 6.48. The summed E-state index contributed by atoms with van der Waals surface area (Å²) in [5.41, 5.74) is 1.34. The van der Waals surface area contributed by atoms with Crippen molar-refractivity contribution in [2.75, 3.05) is 47.8 Å². The Morgan fingerprint density at radius 1 is 0.973 bits per heavy atom. The molecule has 1 aromatic carbocycles. The Morgan fingerprint density at radius 3 is 2.32 bits per heavy atom. The van der Waals surface area contributed by atoms with Crippen LogP contribution in [-0.4, -0.2) is 47.8 Å². The molecule has 2 atom stereocenters. The molecule has 2 saturated heterocycles. The predicted molar refractivity (Wildman–Crippen MR) is 159 cm³/mol. The van der Waals surface area contributed by atoms with Crippen LogP contribution in [0.2, 0.25) is 5.02 Å². The molecule has 0 radical (unpaired) electrons. The summed E-state index contributed by atoms with van der Waals surface area (Å²) >= 11 is 12.2. The lowest BCUT2D eigenvalue weighted by molar-refractivity contribution is 0.292. The molecule has 37 heavy (non-hydrogen) atoms. The molecule has 3 aliphatic rings. The molecule has 0 spiro atoms. The molecule has 1 saturated carbocycles. The molecule has 8 heteroatoms. The maximum Gasteiger partial charge on any atom is 0.232 e. The first-order valence-electron chi connectivity index (χ1n) is 14.1. The fourth-order valence-corrected chi connectivity index (χ4v) is 6.96. The van der Waals surface area contributed by atoms with Crippen molar-refractivity contribution in [2.24, 2.45) is 11.8 Å². The predicted octanol–water partition coefficient (Wildman–Crippen LogP) is 6.40. The van der Waals surface area contributed by atoms with Crippen molar-refractivity contribution in [3.63, 3.8) is 0 Å². The molecule has 2 aliphatic heterocycles. The maximum atomic E-state index is 6.38. The number of hydrogen-bond donors (Lipinski definition) is 2. The van der Waals surface area contributed by atoms with Gasteiger partial charge in [0, 0.05) is 49.2 Å². The largest absolute Gasteiger partial charge is 0.361 e. The summed E-state index contributed by atoms with van der Waals surface area (Å²) < 4.78 is 0. The summed E-state index contributed by atoms with van der Waals surface area (Å²) in [6.45, 7) is 9.62. The van der Waals surface area contributed by atoms with Crippen LogP contribution in [0.1, 0.15) is 70.8 Å². The topological polar surface area (TPSA) is 56.3 Å². The first kappa shape index (κ1) is 26.5. The second-order valence-electron chi connectivity index (χ2n) is 11.6. The van der Waals surface area contributed by atoms with Crippen molar-refractivity contribution in [3.8, 4) is 0 Å². The van der Waals surface area contributed by atoms with E-state index in [-0.39, 0.29) is 5.41 Å². The molecule has 1 aromatic heterocycles. The Labute approximate surface area is 232 Å². The summed E-state index contributed by atoms with van der Waals surface area (Å²) in [5.74, 6) is 3.91. The van der Waals surface area contributed by atoms with Gasteiger partial charge in [0.15, 0.2) is 5.11 Å². The Morgan fingerprint density at radius 2 is 1.65 bits per heavy atom. The number of anilines is 3. The highest BCUT2D eigenvalue weighted by molar-refractivity contribution is 7.80. The zero-order chi connectivity index (χ0) is 25.8. The first-order chi connectivity index (χ1) is 17.9. The van der Waals surface area contributed by atoms with Gasteiger partial charge in [-0.05, 0) is 73.9 Å². The van der Waals surface area contributed by atoms with Crippen LogP contribution >= 0.6 is 23.8 Å². The fourth-order valence-electron chi connectivity index (χ4n) is 6.61. The minimum absolute atomic E-state index is 0.0401. The molecule has 0 amide bonds. The first-order valence-corrected chi connectivity index (χ1v) is 14.9. The van der Waals surface area contributed by atoms with E-state index in [1.165, 1.54) is 44.1 Å². The molecule has 2 N–H and O–H groups in total. The molecule has 3 fully saturated rings. The lowest BCUT2D eigenvalue weighted by atomic mass is 9.69. The molecule has 2 aromatic rings. The van der Waals surface area contributed by atoms with E-state index in [9.17, 15) is 0 Å². The van der Waals surface area contributed by atoms with Gasteiger partial charge < -0.3 is 20.4 Å². The number of piperidine rings is 1. The minimum Gasteiger partial charge on any atom is -0.361 e. The van der Waals surface area contributed by atoms with Gasteiger partial charge in [0.2, 0.25) is 5.95 Å².